The summed E-state index contributed by atoms with van der Waals surface area (Å²) < 4.78 is 38.1. The molecule has 2 aliphatic rings. The molecule has 3 heterocycles. The molecule has 204 valence electrons. The Morgan fingerprint density at radius 2 is 0.667 bits per heavy atom. The molecule has 0 unspecified atom stereocenters. The molecule has 2 aliphatic heterocycles. The fraction of sp³-hybridized carbons (Fsp3) is 0.727. The van der Waals surface area contributed by atoms with Gasteiger partial charge in [-0.2, -0.15) is 0 Å². The summed E-state index contributed by atoms with van der Waals surface area (Å²) in [5.74, 6) is 3.37. The average molecular weight is 649 g/mol. The van der Waals surface area contributed by atoms with Gasteiger partial charge < -0.3 is 28.4 Å². The van der Waals surface area contributed by atoms with Gasteiger partial charge in [0, 0.05) is 23.0 Å². The molecule has 0 radical (unpaired) electrons. The second-order valence-electron chi connectivity index (χ2n) is 7.08. The Morgan fingerprint density at radius 1 is 0.389 bits per heavy atom. The molecule has 36 heavy (non-hydrogen) atoms. The summed E-state index contributed by atoms with van der Waals surface area (Å²) in [6.07, 6.45) is 0. The van der Waals surface area contributed by atoms with Crippen LogP contribution in [0.15, 0.2) is 0 Å². The van der Waals surface area contributed by atoms with Crippen molar-refractivity contribution in [2.24, 2.45) is 0 Å². The third kappa shape index (κ3) is 12.6. The van der Waals surface area contributed by atoms with Crippen LogP contribution in [0, 0.1) is 0 Å². The molecule has 0 atom stereocenters. The first kappa shape index (κ1) is 31.8. The van der Waals surface area contributed by atoms with E-state index in [1.54, 1.807) is 69.7 Å². The second kappa shape index (κ2) is 20.2. The van der Waals surface area contributed by atoms with Crippen LogP contribution in [-0.4, -0.2) is 111 Å². The van der Waals surface area contributed by atoms with Gasteiger partial charge in [0.15, 0.2) is 0 Å². The van der Waals surface area contributed by atoms with Crippen molar-refractivity contribution >= 4 is 112 Å². The summed E-state index contributed by atoms with van der Waals surface area (Å²) in [4.78, 5) is 2.34. The van der Waals surface area contributed by atoms with Crippen LogP contribution in [0.5, 0.6) is 0 Å². The molecule has 0 N–H and O–H groups in total. The minimum atomic E-state index is 0.596. The van der Waals surface area contributed by atoms with Crippen molar-refractivity contribution in [3.63, 3.8) is 0 Å². The summed E-state index contributed by atoms with van der Waals surface area (Å²) in [6.45, 7) is 7.43. The minimum absolute atomic E-state index is 0.596. The van der Waals surface area contributed by atoms with E-state index in [-0.39, 0.29) is 0 Å². The van der Waals surface area contributed by atoms with Gasteiger partial charge in [-0.1, -0.05) is 24.4 Å². The fourth-order valence-electron chi connectivity index (χ4n) is 2.77. The molecule has 2 saturated heterocycles. The summed E-state index contributed by atoms with van der Waals surface area (Å²) >= 11 is 22.1. The standard InChI is InChI=1S/C22H32O6S8/c29-19-17(31-13-9-25-5-1-23-3-7-27-11-15-33-19)21-35-22(36-21)18-20(30)34-16-12-28-8-4-24-2-6-26-10-14-32-18/h1-16H2. The summed E-state index contributed by atoms with van der Waals surface area (Å²) in [5.41, 5.74) is 0. The van der Waals surface area contributed by atoms with Gasteiger partial charge in [-0.25, -0.2) is 0 Å². The SMILES string of the molecule is S=C1SCCOCCOCCOCCSC1=c1sc(=C2SCCOCCOCCOCCSC2=S)s1. The molecule has 2 fully saturated rings. The number of thioether (sulfide) groups is 4. The van der Waals surface area contributed by atoms with Crippen LogP contribution in [0.25, 0.3) is 9.81 Å². The normalized spacial score (nSPS) is 22.9. The molecular formula is C22H32O6S8. The lowest BCUT2D eigenvalue weighted by atomic mass is 10.7. The quantitative estimate of drug-likeness (QED) is 0.386. The lowest BCUT2D eigenvalue weighted by molar-refractivity contribution is 0.0205. The Kier molecular flexibility index (Phi) is 17.8. The molecule has 1 aromatic rings. The maximum atomic E-state index is 5.82. The zero-order valence-corrected chi connectivity index (χ0v) is 26.6. The van der Waals surface area contributed by atoms with Crippen LogP contribution >= 0.6 is 94.2 Å². The van der Waals surface area contributed by atoms with Gasteiger partial charge in [0.25, 0.3) is 0 Å². The van der Waals surface area contributed by atoms with E-state index in [1.807, 2.05) is 0 Å². The van der Waals surface area contributed by atoms with Crippen molar-refractivity contribution in [3.05, 3.63) is 7.69 Å². The smallest absolute Gasteiger partial charge is 0.0977 e. The number of thiocarbonyl (C=S) groups is 2. The maximum Gasteiger partial charge on any atom is 0.0977 e. The van der Waals surface area contributed by atoms with E-state index in [2.05, 4.69) is 0 Å². The van der Waals surface area contributed by atoms with E-state index in [4.69, 9.17) is 52.9 Å². The van der Waals surface area contributed by atoms with Crippen LogP contribution in [0.2, 0.25) is 0 Å². The van der Waals surface area contributed by atoms with Crippen molar-refractivity contribution in [1.82, 2.24) is 0 Å². The first-order valence-corrected chi connectivity index (χ1v) is 18.1. The molecule has 6 nitrogen and oxygen atoms in total. The topological polar surface area (TPSA) is 55.4 Å². The van der Waals surface area contributed by atoms with Crippen molar-refractivity contribution in [1.29, 1.82) is 0 Å². The molecule has 0 saturated carbocycles. The molecule has 0 aromatic carbocycles. The summed E-state index contributed by atoms with van der Waals surface area (Å²) in [5, 5.41) is 0. The summed E-state index contributed by atoms with van der Waals surface area (Å²) in [6, 6.07) is 0. The van der Waals surface area contributed by atoms with Crippen LogP contribution in [0.1, 0.15) is 0 Å². The lowest BCUT2D eigenvalue weighted by Gasteiger charge is -2.12. The van der Waals surface area contributed by atoms with Crippen LogP contribution < -0.4 is 7.69 Å². The highest BCUT2D eigenvalue weighted by atomic mass is 32.2. The third-order valence-electron chi connectivity index (χ3n) is 4.47. The van der Waals surface area contributed by atoms with E-state index in [9.17, 15) is 0 Å². The monoisotopic (exact) mass is 648 g/mol. The number of rotatable bonds is 0. The predicted octanol–water partition coefficient (Wildman–Crippen LogP) is 3.74. The van der Waals surface area contributed by atoms with Gasteiger partial charge in [0.05, 0.1) is 105 Å². The van der Waals surface area contributed by atoms with Gasteiger partial charge in [-0.3, -0.25) is 0 Å². The Bertz CT molecular complexity index is 815. The molecule has 0 bridgehead atoms. The van der Waals surface area contributed by atoms with E-state index in [0.717, 1.165) is 31.4 Å². The van der Waals surface area contributed by atoms with Gasteiger partial charge >= 0.3 is 0 Å². The zero-order valence-electron chi connectivity index (χ0n) is 20.0. The van der Waals surface area contributed by atoms with Crippen LogP contribution in [0.3, 0.4) is 0 Å². The first-order valence-electron chi connectivity index (χ1n) is 11.7. The Balaban J connectivity index is 1.73. The molecule has 0 spiro atoms. The Hall–Kier alpha value is 1.26. The maximum absolute atomic E-state index is 5.82. The van der Waals surface area contributed by atoms with Gasteiger partial charge in [-0.15, -0.1) is 69.7 Å². The largest absolute Gasteiger partial charge is 0.378 e. The van der Waals surface area contributed by atoms with Crippen molar-refractivity contribution in [2.75, 3.05) is 102 Å². The van der Waals surface area contributed by atoms with Gasteiger partial charge in [0.2, 0.25) is 0 Å². The van der Waals surface area contributed by atoms with E-state index >= 15 is 0 Å². The molecule has 3 rings (SSSR count). The highest BCUT2D eigenvalue weighted by Gasteiger charge is 2.16. The Morgan fingerprint density at radius 3 is 1.00 bits per heavy atom. The molecular weight excluding hydrogens is 617 g/mol. The zero-order chi connectivity index (χ0) is 25.3. The first-order chi connectivity index (χ1) is 17.8. The van der Waals surface area contributed by atoms with E-state index in [0.29, 0.717) is 79.3 Å². The van der Waals surface area contributed by atoms with Crippen LogP contribution in [-0.2, 0) is 28.4 Å². The highest BCUT2D eigenvalue weighted by Crippen LogP contribution is 2.28. The predicted molar refractivity (Wildman–Crippen MR) is 168 cm³/mol. The molecule has 0 amide bonds. The highest BCUT2D eigenvalue weighted by molar-refractivity contribution is 8.29. The molecule has 14 heteroatoms. The van der Waals surface area contributed by atoms with Crippen molar-refractivity contribution in [3.8, 4) is 0 Å². The average Bonchev–Trinajstić information content (AvgIpc) is 2.86. The van der Waals surface area contributed by atoms with Crippen molar-refractivity contribution < 1.29 is 28.4 Å². The third-order valence-corrected chi connectivity index (χ3v) is 13.0. The number of ether oxygens (including phenoxy) is 6. The summed E-state index contributed by atoms with van der Waals surface area (Å²) in [7, 11) is 0. The van der Waals surface area contributed by atoms with Gasteiger partial charge in [0.1, 0.15) is 0 Å². The van der Waals surface area contributed by atoms with Gasteiger partial charge in [-0.05, 0) is 0 Å². The Labute approximate surface area is 249 Å². The molecule has 0 aliphatic carbocycles. The fourth-order valence-corrected chi connectivity index (χ4v) is 10.7. The number of hydrogen-bond acceptors (Lipinski definition) is 14. The van der Waals surface area contributed by atoms with E-state index < -0.39 is 0 Å². The number of hydrogen-bond donors (Lipinski definition) is 0. The lowest BCUT2D eigenvalue weighted by Crippen LogP contribution is -2.19. The van der Waals surface area contributed by atoms with Crippen molar-refractivity contribution in [2.45, 2.75) is 0 Å². The molecule has 1 aromatic heterocycles. The van der Waals surface area contributed by atoms with E-state index in [1.165, 1.54) is 17.5 Å². The minimum Gasteiger partial charge on any atom is -0.378 e. The second-order valence-corrected chi connectivity index (χ2v) is 15.4. The van der Waals surface area contributed by atoms with Crippen LogP contribution in [0.4, 0.5) is 0 Å².